The number of carbonyl (C=O) groups excluding carboxylic acids is 8. The molecule has 3 amide bonds. The van der Waals surface area contributed by atoms with Gasteiger partial charge in [-0.05, 0) is 68.9 Å². The van der Waals surface area contributed by atoms with E-state index in [0.29, 0.717) is 55.1 Å². The number of benzene rings is 3. The van der Waals surface area contributed by atoms with E-state index in [9.17, 15) is 62.8 Å². The lowest BCUT2D eigenvalue weighted by Gasteiger charge is -2.26. The van der Waals surface area contributed by atoms with Gasteiger partial charge in [0, 0.05) is 44.9 Å². The highest BCUT2D eigenvalue weighted by Gasteiger charge is 2.34. The number of unbranched alkanes of at least 4 members (excludes halogenated alkanes) is 18. The normalized spacial score (nSPS) is 14.2. The van der Waals surface area contributed by atoms with Gasteiger partial charge in [0.1, 0.15) is 37.3 Å². The molecule has 0 aliphatic rings. The third kappa shape index (κ3) is 41.9. The van der Waals surface area contributed by atoms with E-state index in [0.717, 1.165) is 43.2 Å². The van der Waals surface area contributed by atoms with E-state index >= 15 is 0 Å². The smallest absolute Gasteiger partial charge is 0.472 e. The van der Waals surface area contributed by atoms with E-state index in [-0.39, 0.29) is 76.5 Å². The van der Waals surface area contributed by atoms with Crippen molar-refractivity contribution in [1.29, 1.82) is 0 Å². The number of hydrogen-bond acceptors (Lipinski definition) is 17. The van der Waals surface area contributed by atoms with Gasteiger partial charge in [0.05, 0.1) is 77.6 Å². The molecule has 560 valence electrons. The Balaban J connectivity index is 1.65. The highest BCUT2D eigenvalue weighted by Crippen LogP contribution is 2.43. The molecule has 0 saturated carbocycles. The summed E-state index contributed by atoms with van der Waals surface area (Å²) in [4.78, 5) is 131. The van der Waals surface area contributed by atoms with Crippen LogP contribution in [0.1, 0.15) is 218 Å². The number of carboxylic acid groups (broad SMARTS) is 1. The van der Waals surface area contributed by atoms with Crippen molar-refractivity contribution in [2.24, 2.45) is 11.8 Å². The lowest BCUT2D eigenvalue weighted by Crippen LogP contribution is -2.48. The molecule has 0 saturated heterocycles. The van der Waals surface area contributed by atoms with Gasteiger partial charge in [-0.15, -0.1) is 0 Å². The first kappa shape index (κ1) is 87.5. The topological polar surface area (TPSA) is 323 Å². The Morgan fingerprint density at radius 3 is 1.56 bits per heavy atom. The zero-order chi connectivity index (χ0) is 73.6. The van der Waals surface area contributed by atoms with Crippen molar-refractivity contribution in [3.05, 3.63) is 102 Å². The molecular formula is C76H118N4O19P+. The van der Waals surface area contributed by atoms with Crippen LogP contribution < -0.4 is 16.0 Å². The third-order valence-electron chi connectivity index (χ3n) is 17.3. The van der Waals surface area contributed by atoms with Crippen molar-refractivity contribution in [1.82, 2.24) is 16.0 Å². The van der Waals surface area contributed by atoms with Gasteiger partial charge >= 0.3 is 25.7 Å². The Morgan fingerprint density at radius 1 is 0.550 bits per heavy atom. The van der Waals surface area contributed by atoms with Gasteiger partial charge in [-0.25, -0.2) is 9.36 Å². The Bertz CT molecular complexity index is 2910. The summed E-state index contributed by atoms with van der Waals surface area (Å²) in [6.45, 7) is 6.11. The number of Topliss-reactive ketones (excluding diaryl/α,β-unsaturated/α-hetero) is 3. The average Bonchev–Trinajstić information content (AvgIpc) is 0.879. The quantitative estimate of drug-likeness (QED) is 0.0132. The number of hydrogen-bond donors (Lipinski definition) is 6. The number of aliphatic carboxylic acids is 1. The average molecular weight is 1420 g/mol. The first-order chi connectivity index (χ1) is 47.7. The Hall–Kier alpha value is -6.72. The predicted molar refractivity (Wildman–Crippen MR) is 381 cm³/mol. The van der Waals surface area contributed by atoms with Gasteiger partial charge in [-0.3, -0.25) is 42.6 Å². The molecule has 0 aromatic heterocycles. The van der Waals surface area contributed by atoms with Crippen LogP contribution in [0.3, 0.4) is 0 Å². The number of esters is 2. The lowest BCUT2D eigenvalue weighted by molar-refractivity contribution is -0.870. The molecule has 1 unspecified atom stereocenters. The van der Waals surface area contributed by atoms with Crippen LogP contribution >= 0.6 is 7.82 Å². The molecule has 0 aliphatic heterocycles. The van der Waals surface area contributed by atoms with E-state index in [1.165, 1.54) is 89.0 Å². The fourth-order valence-corrected chi connectivity index (χ4v) is 11.9. The number of carbonyl (C=O) groups is 9. The van der Waals surface area contributed by atoms with E-state index in [1.807, 2.05) is 81.8 Å². The van der Waals surface area contributed by atoms with E-state index < -0.39 is 123 Å². The van der Waals surface area contributed by atoms with Crippen LogP contribution in [-0.4, -0.2) is 157 Å². The number of ether oxygens (including phenoxy) is 4. The predicted octanol–water partition coefficient (Wildman–Crippen LogP) is 12.1. The Kier molecular flexibility index (Phi) is 44.3. The molecule has 0 heterocycles. The molecule has 6 N–H and O–H groups in total. The second-order valence-corrected chi connectivity index (χ2v) is 28.8. The number of phosphoric acid groups is 1. The largest absolute Gasteiger partial charge is 0.508 e. The van der Waals surface area contributed by atoms with Gasteiger partial charge < -0.3 is 59.3 Å². The number of nitrogens with zero attached hydrogens (tertiary/aromatic N) is 1. The van der Waals surface area contributed by atoms with Gasteiger partial charge in [0.25, 0.3) is 0 Å². The van der Waals surface area contributed by atoms with Crippen molar-refractivity contribution >= 4 is 60.8 Å². The summed E-state index contributed by atoms with van der Waals surface area (Å²) in [5.41, 5.74) is 2.19. The number of likely N-dealkylation sites (N-methyl/N-ethyl adjacent to an activating group) is 1. The summed E-state index contributed by atoms with van der Waals surface area (Å²) < 4.78 is 46.9. The molecule has 0 radical (unpaired) electrons. The van der Waals surface area contributed by atoms with Gasteiger partial charge in [0.2, 0.25) is 17.7 Å². The number of amides is 3. The molecular weight excluding hydrogens is 1300 g/mol. The molecule has 0 bridgehead atoms. The SMILES string of the molecule is CCCCCCCCCCCCCCCC(=O)OC[C@H](COP(=O)(O)OCC[N+](C)(C)C)OC(=O)CCCCCCCCC[C@H](NC(=O)[C@@H](CC(=O)CNC(=O)[C@@H](CC(C)=O)[C@@H](C)OCc1ccccc1)[C@@H](C)OCc1ccccc1)C(=O)CCC(=O)N[C@@H](Cc1ccc(O)cc1)C(=O)O. The van der Waals surface area contributed by atoms with Crippen LogP contribution in [0.2, 0.25) is 0 Å². The summed E-state index contributed by atoms with van der Waals surface area (Å²) >= 11 is 0. The number of carboxylic acids is 1. The van der Waals surface area contributed by atoms with Crippen molar-refractivity contribution in [3.8, 4) is 5.75 Å². The van der Waals surface area contributed by atoms with Crippen LogP contribution in [0.15, 0.2) is 84.9 Å². The van der Waals surface area contributed by atoms with Crippen molar-refractivity contribution in [3.63, 3.8) is 0 Å². The Labute approximate surface area is 593 Å². The number of quaternary nitrogens is 1. The number of phenols is 1. The molecule has 0 fully saturated rings. The van der Waals surface area contributed by atoms with Gasteiger partial charge in [-0.2, -0.15) is 0 Å². The molecule has 0 spiro atoms. The number of rotatable bonds is 59. The van der Waals surface area contributed by atoms with Crippen molar-refractivity contribution < 1.29 is 95.3 Å². The maximum absolute atomic E-state index is 14.6. The van der Waals surface area contributed by atoms with E-state index in [1.54, 1.807) is 13.8 Å². The highest BCUT2D eigenvalue weighted by molar-refractivity contribution is 7.47. The monoisotopic (exact) mass is 1420 g/mol. The second kappa shape index (κ2) is 50.6. The van der Waals surface area contributed by atoms with Crippen LogP contribution in [0.4, 0.5) is 0 Å². The lowest BCUT2D eigenvalue weighted by atomic mass is 9.93. The van der Waals surface area contributed by atoms with Crippen LogP contribution in [0.25, 0.3) is 0 Å². The minimum Gasteiger partial charge on any atom is -0.508 e. The molecule has 100 heavy (non-hydrogen) atoms. The first-order valence-corrected chi connectivity index (χ1v) is 37.7. The highest BCUT2D eigenvalue weighted by atomic mass is 31.2. The maximum atomic E-state index is 14.6. The number of phenolic OH excluding ortho intramolecular Hbond substituents is 1. The summed E-state index contributed by atoms with van der Waals surface area (Å²) in [6.07, 6.45) is 15.5. The van der Waals surface area contributed by atoms with E-state index in [2.05, 4.69) is 22.9 Å². The number of ketones is 3. The third-order valence-corrected chi connectivity index (χ3v) is 18.3. The number of aromatic hydroxyl groups is 1. The zero-order valence-corrected chi connectivity index (χ0v) is 61.5. The molecule has 8 atom stereocenters. The number of phosphoric ester groups is 1. The van der Waals surface area contributed by atoms with Gasteiger partial charge in [0.15, 0.2) is 17.7 Å². The minimum absolute atomic E-state index is 0.0140. The molecule has 3 rings (SSSR count). The first-order valence-electron chi connectivity index (χ1n) is 36.2. The fraction of sp³-hybridized carbons (Fsp3) is 0.645. The Morgan fingerprint density at radius 2 is 1.05 bits per heavy atom. The zero-order valence-electron chi connectivity index (χ0n) is 60.6. The molecule has 23 nitrogen and oxygen atoms in total. The second-order valence-electron chi connectivity index (χ2n) is 27.4. The number of nitrogens with one attached hydrogen (secondary N) is 3. The summed E-state index contributed by atoms with van der Waals surface area (Å²) in [7, 11) is 1.15. The van der Waals surface area contributed by atoms with E-state index in [4.69, 9.17) is 28.0 Å². The molecule has 0 aliphatic carbocycles. The standard InChI is InChI=1S/C76H117N4O19P/c1-8-9-10-11-12-13-14-15-16-17-20-23-32-39-72(86)96-55-65(56-98-100(92,93)97-48-47-80(5,6)7)99-73(87)40-33-24-21-18-19-22-31-38-68(70(84)45-46-71(85)78-69(76(90)91)50-60-41-43-63(82)44-42-60)79-75(89)67(59(4)95-54-62-36-29-26-30-37-62)51-64(83)52-77-74(88)66(49-57(2)81)58(3)94-53-61-34-27-25-28-35-61/h25-30,34-37,41-44,58-59,65-69H,8-24,31-33,38-40,45-56H2,1-7H3,(H5-,77,78,79,82,85,88,89,90,91,92,93)/p+1/t58-,59-,65-,66+,67+,68+,69+/m1/s1. The van der Waals surface area contributed by atoms with Crippen LogP contribution in [0.5, 0.6) is 5.75 Å². The summed E-state index contributed by atoms with van der Waals surface area (Å²) in [6, 6.07) is 21.8. The van der Waals surface area contributed by atoms with Gasteiger partial charge in [-0.1, -0.05) is 195 Å². The van der Waals surface area contributed by atoms with Crippen molar-refractivity contribution in [2.75, 3.05) is 54.1 Å². The molecule has 3 aromatic carbocycles. The molecule has 24 heteroatoms. The molecule has 3 aromatic rings. The van der Waals surface area contributed by atoms with Crippen LogP contribution in [-0.2, 0) is 95.3 Å². The summed E-state index contributed by atoms with van der Waals surface area (Å²) in [5, 5.41) is 27.7. The fourth-order valence-electron chi connectivity index (χ4n) is 11.1. The van der Waals surface area contributed by atoms with Crippen LogP contribution in [0, 0.1) is 11.8 Å². The maximum Gasteiger partial charge on any atom is 0.472 e. The summed E-state index contributed by atoms with van der Waals surface area (Å²) in [5.74, 6) is -7.80. The minimum atomic E-state index is -4.54. The van der Waals surface area contributed by atoms with Crippen molar-refractivity contribution in [2.45, 2.75) is 251 Å².